The predicted molar refractivity (Wildman–Crippen MR) is 76.4 cm³/mol. The third-order valence-corrected chi connectivity index (χ3v) is 3.49. The van der Waals surface area contributed by atoms with Gasteiger partial charge in [-0.25, -0.2) is 4.98 Å². The van der Waals surface area contributed by atoms with Crippen molar-refractivity contribution in [3.05, 3.63) is 27.4 Å². The second-order valence-corrected chi connectivity index (χ2v) is 5.32. The van der Waals surface area contributed by atoms with Gasteiger partial charge in [-0.2, -0.15) is 0 Å². The van der Waals surface area contributed by atoms with E-state index >= 15 is 0 Å². The number of nitrogens with zero attached hydrogens (tertiary/aromatic N) is 1. The summed E-state index contributed by atoms with van der Waals surface area (Å²) in [6.45, 7) is 1.87. The summed E-state index contributed by atoms with van der Waals surface area (Å²) in [4.78, 5) is 31.3. The standard InChI is InChI=1S/C14H21N3O4/c1-8-11(13(19)16-10(5-6-18)7-21-2)14(20)17-12(15-8)9-3-4-9/h9-10,18H,3-7H2,1-2H3,(H,16,19)(H,15,17,20). The maximum Gasteiger partial charge on any atom is 0.264 e. The van der Waals surface area contributed by atoms with Gasteiger partial charge in [0.15, 0.2) is 0 Å². The van der Waals surface area contributed by atoms with E-state index in [2.05, 4.69) is 15.3 Å². The van der Waals surface area contributed by atoms with E-state index in [1.165, 1.54) is 7.11 Å². The van der Waals surface area contributed by atoms with Gasteiger partial charge in [-0.05, 0) is 26.2 Å². The number of nitrogens with one attached hydrogen (secondary N) is 2. The average Bonchev–Trinajstić information content (AvgIpc) is 3.22. The van der Waals surface area contributed by atoms with Crippen LogP contribution in [-0.4, -0.2) is 47.3 Å². The molecular formula is C14H21N3O4. The van der Waals surface area contributed by atoms with E-state index < -0.39 is 11.5 Å². The first-order valence-corrected chi connectivity index (χ1v) is 7.08. The molecule has 3 N–H and O–H groups in total. The SMILES string of the molecule is COCC(CCO)NC(=O)c1c(C)nc(C2CC2)[nH]c1=O. The highest BCUT2D eigenvalue weighted by molar-refractivity contribution is 5.95. The quantitative estimate of drug-likeness (QED) is 0.661. The zero-order valence-electron chi connectivity index (χ0n) is 12.3. The van der Waals surface area contributed by atoms with Gasteiger partial charge in [0.2, 0.25) is 0 Å². The molecule has 0 bridgehead atoms. The number of amides is 1. The number of aliphatic hydroxyl groups excluding tert-OH is 1. The number of aryl methyl sites for hydroxylation is 1. The Morgan fingerprint density at radius 2 is 2.29 bits per heavy atom. The van der Waals surface area contributed by atoms with Gasteiger partial charge in [-0.3, -0.25) is 9.59 Å². The number of carbonyl (C=O) groups is 1. The Labute approximate surface area is 122 Å². The smallest absolute Gasteiger partial charge is 0.264 e. The Bertz CT molecular complexity index is 560. The van der Waals surface area contributed by atoms with Crippen LogP contribution in [0.4, 0.5) is 0 Å². The van der Waals surface area contributed by atoms with Crippen LogP contribution < -0.4 is 10.9 Å². The highest BCUT2D eigenvalue weighted by Gasteiger charge is 2.28. The highest BCUT2D eigenvalue weighted by Crippen LogP contribution is 2.37. The molecule has 1 aromatic heterocycles. The van der Waals surface area contributed by atoms with Gasteiger partial charge in [-0.1, -0.05) is 0 Å². The van der Waals surface area contributed by atoms with Crippen LogP contribution in [0.1, 0.15) is 47.1 Å². The fourth-order valence-corrected chi connectivity index (χ4v) is 2.24. The lowest BCUT2D eigenvalue weighted by Gasteiger charge is -2.17. The second kappa shape index (κ2) is 6.82. The maximum absolute atomic E-state index is 12.2. The summed E-state index contributed by atoms with van der Waals surface area (Å²) < 4.78 is 4.99. The number of H-pyrrole nitrogens is 1. The van der Waals surface area contributed by atoms with E-state index in [-0.39, 0.29) is 24.8 Å². The maximum atomic E-state index is 12.2. The lowest BCUT2D eigenvalue weighted by Crippen LogP contribution is -2.41. The van der Waals surface area contributed by atoms with Gasteiger partial charge < -0.3 is 20.1 Å². The lowest BCUT2D eigenvalue weighted by molar-refractivity contribution is 0.0876. The van der Waals surface area contributed by atoms with Crippen molar-refractivity contribution in [1.29, 1.82) is 0 Å². The molecule has 0 aliphatic heterocycles. The number of hydrogen-bond donors (Lipinski definition) is 3. The summed E-state index contributed by atoms with van der Waals surface area (Å²) in [5.74, 6) is 0.501. The number of carbonyl (C=O) groups excluding carboxylic acids is 1. The molecule has 1 saturated carbocycles. The summed E-state index contributed by atoms with van der Waals surface area (Å²) in [5, 5.41) is 11.7. The third-order valence-electron chi connectivity index (χ3n) is 3.49. The molecule has 0 saturated heterocycles. The van der Waals surface area contributed by atoms with Crippen molar-refractivity contribution in [2.45, 2.75) is 38.1 Å². The van der Waals surface area contributed by atoms with Crippen LogP contribution in [-0.2, 0) is 4.74 Å². The molecule has 7 nitrogen and oxygen atoms in total. The molecule has 116 valence electrons. The van der Waals surface area contributed by atoms with Gasteiger partial charge in [0.05, 0.1) is 18.3 Å². The van der Waals surface area contributed by atoms with Crippen molar-refractivity contribution >= 4 is 5.91 Å². The zero-order chi connectivity index (χ0) is 15.4. The summed E-state index contributed by atoms with van der Waals surface area (Å²) in [7, 11) is 1.51. The van der Waals surface area contributed by atoms with Crippen molar-refractivity contribution in [3.63, 3.8) is 0 Å². The molecular weight excluding hydrogens is 274 g/mol. The minimum absolute atomic E-state index is 0.0263. The fourth-order valence-electron chi connectivity index (χ4n) is 2.24. The van der Waals surface area contributed by atoms with Crippen LogP contribution in [0.15, 0.2) is 4.79 Å². The average molecular weight is 295 g/mol. The molecule has 1 aromatic rings. The first-order chi connectivity index (χ1) is 10.1. The molecule has 1 unspecified atom stereocenters. The summed E-state index contributed by atoms with van der Waals surface area (Å²) in [5.41, 5.74) is 0.0406. The van der Waals surface area contributed by atoms with E-state index in [0.29, 0.717) is 23.9 Å². The van der Waals surface area contributed by atoms with Crippen LogP contribution in [0.25, 0.3) is 0 Å². The lowest BCUT2D eigenvalue weighted by atomic mass is 10.1. The van der Waals surface area contributed by atoms with Crippen LogP contribution >= 0.6 is 0 Å². The minimum atomic E-state index is -0.487. The topological polar surface area (TPSA) is 104 Å². The monoisotopic (exact) mass is 295 g/mol. The Balaban J connectivity index is 2.16. The van der Waals surface area contributed by atoms with Gasteiger partial charge in [0.1, 0.15) is 11.4 Å². The van der Waals surface area contributed by atoms with Gasteiger partial charge in [0.25, 0.3) is 11.5 Å². The molecule has 0 spiro atoms. The van der Waals surface area contributed by atoms with Gasteiger partial charge >= 0.3 is 0 Å². The van der Waals surface area contributed by atoms with Crippen molar-refractivity contribution in [1.82, 2.24) is 15.3 Å². The highest BCUT2D eigenvalue weighted by atomic mass is 16.5. The van der Waals surface area contributed by atoms with Crippen LogP contribution in [0, 0.1) is 6.92 Å². The van der Waals surface area contributed by atoms with E-state index in [4.69, 9.17) is 9.84 Å². The Morgan fingerprint density at radius 3 is 2.81 bits per heavy atom. The van der Waals surface area contributed by atoms with Crippen LogP contribution in [0.3, 0.4) is 0 Å². The van der Waals surface area contributed by atoms with E-state index in [1.54, 1.807) is 6.92 Å². The van der Waals surface area contributed by atoms with Gasteiger partial charge in [0, 0.05) is 19.6 Å². The van der Waals surface area contributed by atoms with E-state index in [1.807, 2.05) is 0 Å². The largest absolute Gasteiger partial charge is 0.396 e. The first-order valence-electron chi connectivity index (χ1n) is 7.08. The predicted octanol–water partition coefficient (Wildman–Crippen LogP) is 0.0829. The first kappa shape index (κ1) is 15.7. The van der Waals surface area contributed by atoms with Gasteiger partial charge in [-0.15, -0.1) is 0 Å². The van der Waals surface area contributed by atoms with Crippen molar-refractivity contribution in [2.24, 2.45) is 0 Å². The molecule has 21 heavy (non-hydrogen) atoms. The molecule has 1 atom stereocenters. The Kier molecular flexibility index (Phi) is 5.08. The van der Waals surface area contributed by atoms with Crippen molar-refractivity contribution in [2.75, 3.05) is 20.3 Å². The van der Waals surface area contributed by atoms with Crippen LogP contribution in [0.5, 0.6) is 0 Å². The minimum Gasteiger partial charge on any atom is -0.396 e. The molecule has 1 fully saturated rings. The van der Waals surface area contributed by atoms with Crippen molar-refractivity contribution < 1.29 is 14.6 Å². The molecule has 1 aliphatic rings. The number of aromatic nitrogens is 2. The molecule has 7 heteroatoms. The third kappa shape index (κ3) is 3.89. The van der Waals surface area contributed by atoms with E-state index in [9.17, 15) is 9.59 Å². The summed E-state index contributed by atoms with van der Waals surface area (Å²) >= 11 is 0. The molecule has 0 aromatic carbocycles. The number of rotatable bonds is 7. The fraction of sp³-hybridized carbons (Fsp3) is 0.643. The summed E-state index contributed by atoms with van der Waals surface area (Å²) in [6.07, 6.45) is 2.42. The normalized spacial score (nSPS) is 15.8. The Hall–Kier alpha value is -1.73. The molecule has 1 heterocycles. The van der Waals surface area contributed by atoms with Crippen LogP contribution in [0.2, 0.25) is 0 Å². The Morgan fingerprint density at radius 1 is 1.57 bits per heavy atom. The zero-order valence-corrected chi connectivity index (χ0v) is 12.3. The van der Waals surface area contributed by atoms with Crippen molar-refractivity contribution in [3.8, 4) is 0 Å². The molecule has 1 amide bonds. The molecule has 2 rings (SSSR count). The molecule has 1 aliphatic carbocycles. The number of aromatic amines is 1. The number of methoxy groups -OCH3 is 1. The second-order valence-electron chi connectivity index (χ2n) is 5.32. The number of aliphatic hydroxyl groups is 1. The summed E-state index contributed by atoms with van der Waals surface area (Å²) in [6, 6.07) is -0.339. The number of ether oxygens (including phenoxy) is 1. The molecule has 0 radical (unpaired) electrons. The van der Waals surface area contributed by atoms with E-state index in [0.717, 1.165) is 12.8 Å². The number of hydrogen-bond acceptors (Lipinski definition) is 5.